The molecule has 1 atom stereocenters. The Morgan fingerprint density at radius 3 is 2.79 bits per heavy atom. The van der Waals surface area contributed by atoms with E-state index in [1.165, 1.54) is 4.88 Å². The van der Waals surface area contributed by atoms with E-state index in [0.29, 0.717) is 4.99 Å². The maximum absolute atomic E-state index is 5.75. The summed E-state index contributed by atoms with van der Waals surface area (Å²) in [5.74, 6) is 0.779. The number of thiocarbonyl (C=S) groups is 1. The molecule has 0 aliphatic heterocycles. The highest BCUT2D eigenvalue weighted by atomic mass is 32.1. The van der Waals surface area contributed by atoms with Gasteiger partial charge in [0.05, 0.1) is 13.2 Å². The smallest absolute Gasteiger partial charge is 0.120 e. The van der Waals surface area contributed by atoms with Crippen LogP contribution in [-0.4, -0.2) is 12.1 Å². The standard InChI is InChI=1S/C14H16N2OS2/c1-9(13-4-3-7-19-13)16-12-8-10(17-2)5-6-11(12)14(15)18/h3-9,16H,1-2H3,(H2,15,18). The summed E-state index contributed by atoms with van der Waals surface area (Å²) in [7, 11) is 1.64. The van der Waals surface area contributed by atoms with Crippen molar-refractivity contribution in [2.45, 2.75) is 13.0 Å². The number of methoxy groups -OCH3 is 1. The third-order valence-corrected chi connectivity index (χ3v) is 4.11. The molecule has 3 nitrogen and oxygen atoms in total. The highest BCUT2D eigenvalue weighted by Crippen LogP contribution is 2.28. The lowest BCUT2D eigenvalue weighted by Crippen LogP contribution is -2.14. The Labute approximate surface area is 122 Å². The molecule has 1 unspecified atom stereocenters. The molecule has 0 amide bonds. The van der Waals surface area contributed by atoms with Gasteiger partial charge in [-0.25, -0.2) is 0 Å². The van der Waals surface area contributed by atoms with Gasteiger partial charge >= 0.3 is 0 Å². The first kappa shape index (κ1) is 13.8. The summed E-state index contributed by atoms with van der Waals surface area (Å²) in [6.45, 7) is 2.11. The fraction of sp³-hybridized carbons (Fsp3) is 0.214. The van der Waals surface area contributed by atoms with Gasteiger partial charge in [-0.2, -0.15) is 0 Å². The molecule has 1 aromatic heterocycles. The first-order valence-corrected chi connectivity index (χ1v) is 7.18. The molecule has 0 saturated heterocycles. The normalized spacial score (nSPS) is 11.9. The summed E-state index contributed by atoms with van der Waals surface area (Å²) >= 11 is 6.80. The van der Waals surface area contributed by atoms with E-state index < -0.39 is 0 Å². The molecule has 0 aliphatic carbocycles. The average Bonchev–Trinajstić information content (AvgIpc) is 2.92. The lowest BCUT2D eigenvalue weighted by Gasteiger charge is -2.17. The van der Waals surface area contributed by atoms with Crippen molar-refractivity contribution in [1.29, 1.82) is 0 Å². The molecule has 5 heteroatoms. The zero-order valence-corrected chi connectivity index (χ0v) is 12.5. The van der Waals surface area contributed by atoms with Crippen LogP contribution in [0.4, 0.5) is 5.69 Å². The van der Waals surface area contributed by atoms with Gasteiger partial charge in [-0.15, -0.1) is 11.3 Å². The summed E-state index contributed by atoms with van der Waals surface area (Å²) < 4.78 is 5.24. The molecule has 0 fully saturated rings. The SMILES string of the molecule is COc1ccc(C(N)=S)c(NC(C)c2cccs2)c1. The molecule has 2 rings (SSSR count). The Bertz CT molecular complexity index is 567. The van der Waals surface area contributed by atoms with Crippen molar-refractivity contribution < 1.29 is 4.74 Å². The van der Waals surface area contributed by atoms with Gasteiger partial charge in [0.1, 0.15) is 10.7 Å². The molecule has 0 spiro atoms. The maximum atomic E-state index is 5.75. The molecule has 100 valence electrons. The molecule has 19 heavy (non-hydrogen) atoms. The van der Waals surface area contributed by atoms with Crippen LogP contribution < -0.4 is 15.8 Å². The van der Waals surface area contributed by atoms with Gasteiger partial charge in [-0.3, -0.25) is 0 Å². The van der Waals surface area contributed by atoms with Gasteiger partial charge in [-0.05, 0) is 30.5 Å². The predicted molar refractivity (Wildman–Crippen MR) is 85.2 cm³/mol. The van der Waals surface area contributed by atoms with Crippen molar-refractivity contribution in [3.8, 4) is 5.75 Å². The molecule has 2 aromatic rings. The van der Waals surface area contributed by atoms with Crippen molar-refractivity contribution in [2.24, 2.45) is 5.73 Å². The largest absolute Gasteiger partial charge is 0.497 e. The molecule has 1 aromatic carbocycles. The summed E-state index contributed by atoms with van der Waals surface area (Å²) in [4.78, 5) is 1.64. The minimum Gasteiger partial charge on any atom is -0.497 e. The second-order valence-electron chi connectivity index (χ2n) is 4.16. The molecule has 0 radical (unpaired) electrons. The summed E-state index contributed by atoms with van der Waals surface area (Å²) in [5, 5.41) is 5.49. The number of thiophene rings is 1. The average molecular weight is 292 g/mol. The van der Waals surface area contributed by atoms with E-state index in [0.717, 1.165) is 17.0 Å². The van der Waals surface area contributed by atoms with Crippen molar-refractivity contribution in [2.75, 3.05) is 12.4 Å². The van der Waals surface area contributed by atoms with Gasteiger partial charge in [0, 0.05) is 22.2 Å². The first-order chi connectivity index (χ1) is 9.11. The minimum atomic E-state index is 0.195. The lowest BCUT2D eigenvalue weighted by molar-refractivity contribution is 0.415. The Hall–Kier alpha value is -1.59. The molecule has 1 heterocycles. The van der Waals surface area contributed by atoms with Crippen molar-refractivity contribution in [3.63, 3.8) is 0 Å². The van der Waals surface area contributed by atoms with Crippen LogP contribution in [0.1, 0.15) is 23.4 Å². The quantitative estimate of drug-likeness (QED) is 0.827. The van der Waals surface area contributed by atoms with E-state index >= 15 is 0 Å². The number of hydrogen-bond donors (Lipinski definition) is 2. The zero-order chi connectivity index (χ0) is 13.8. The fourth-order valence-electron chi connectivity index (χ4n) is 1.83. The van der Waals surface area contributed by atoms with Crippen LogP contribution in [0.15, 0.2) is 35.7 Å². The van der Waals surface area contributed by atoms with Crippen molar-refractivity contribution >= 4 is 34.2 Å². The van der Waals surface area contributed by atoms with E-state index in [1.807, 2.05) is 24.3 Å². The highest BCUT2D eigenvalue weighted by molar-refractivity contribution is 7.80. The highest BCUT2D eigenvalue weighted by Gasteiger charge is 2.11. The van der Waals surface area contributed by atoms with Gasteiger partial charge in [0.2, 0.25) is 0 Å². The van der Waals surface area contributed by atoms with E-state index in [1.54, 1.807) is 18.4 Å². The van der Waals surface area contributed by atoms with E-state index in [9.17, 15) is 0 Å². The van der Waals surface area contributed by atoms with Gasteiger partial charge in [0.15, 0.2) is 0 Å². The van der Waals surface area contributed by atoms with Crippen molar-refractivity contribution in [3.05, 3.63) is 46.2 Å². The number of nitrogens with two attached hydrogens (primary N) is 1. The van der Waals surface area contributed by atoms with Crippen LogP contribution in [0.25, 0.3) is 0 Å². The summed E-state index contributed by atoms with van der Waals surface area (Å²) in [6.07, 6.45) is 0. The minimum absolute atomic E-state index is 0.195. The van der Waals surface area contributed by atoms with Crippen LogP contribution >= 0.6 is 23.6 Å². The zero-order valence-electron chi connectivity index (χ0n) is 10.8. The summed E-state index contributed by atoms with van der Waals surface area (Å²) in [5.41, 5.74) is 7.48. The molecule has 3 N–H and O–H groups in total. The third kappa shape index (κ3) is 3.24. The van der Waals surface area contributed by atoms with Crippen molar-refractivity contribution in [1.82, 2.24) is 0 Å². The second-order valence-corrected chi connectivity index (χ2v) is 5.58. The van der Waals surface area contributed by atoms with Gasteiger partial charge in [0.25, 0.3) is 0 Å². The molecular formula is C14H16N2OS2. The van der Waals surface area contributed by atoms with E-state index in [4.69, 9.17) is 22.7 Å². The van der Waals surface area contributed by atoms with Crippen LogP contribution in [0.3, 0.4) is 0 Å². The number of benzene rings is 1. The third-order valence-electron chi connectivity index (χ3n) is 2.83. The van der Waals surface area contributed by atoms with Crippen LogP contribution in [0.2, 0.25) is 0 Å². The molecule has 0 bridgehead atoms. The molecular weight excluding hydrogens is 276 g/mol. The summed E-state index contributed by atoms with van der Waals surface area (Å²) in [6, 6.07) is 9.99. The van der Waals surface area contributed by atoms with Gasteiger partial charge < -0.3 is 15.8 Å². The molecule has 0 saturated carbocycles. The number of nitrogens with one attached hydrogen (secondary N) is 1. The monoisotopic (exact) mass is 292 g/mol. The number of hydrogen-bond acceptors (Lipinski definition) is 4. The molecule has 0 aliphatic rings. The van der Waals surface area contributed by atoms with Crippen LogP contribution in [0, 0.1) is 0 Å². The predicted octanol–water partition coefficient (Wildman–Crippen LogP) is 3.56. The van der Waals surface area contributed by atoms with E-state index in [-0.39, 0.29) is 6.04 Å². The fourth-order valence-corrected chi connectivity index (χ4v) is 2.74. The Morgan fingerprint density at radius 2 is 2.21 bits per heavy atom. The number of anilines is 1. The lowest BCUT2D eigenvalue weighted by atomic mass is 10.1. The number of rotatable bonds is 5. The number of ether oxygens (including phenoxy) is 1. The Balaban J connectivity index is 2.29. The maximum Gasteiger partial charge on any atom is 0.120 e. The Morgan fingerprint density at radius 1 is 1.42 bits per heavy atom. The van der Waals surface area contributed by atoms with Crippen LogP contribution in [0.5, 0.6) is 5.75 Å². The first-order valence-electron chi connectivity index (χ1n) is 5.89. The second kappa shape index (κ2) is 6.04. The van der Waals surface area contributed by atoms with Gasteiger partial charge in [-0.1, -0.05) is 18.3 Å². The van der Waals surface area contributed by atoms with Crippen LogP contribution in [-0.2, 0) is 0 Å². The Kier molecular flexibility index (Phi) is 4.39. The van der Waals surface area contributed by atoms with E-state index in [2.05, 4.69) is 23.7 Å². The topological polar surface area (TPSA) is 47.3 Å².